The van der Waals surface area contributed by atoms with E-state index in [0.29, 0.717) is 5.13 Å². The number of urea groups is 1. The summed E-state index contributed by atoms with van der Waals surface area (Å²) in [6.45, 7) is 7.30. The Hall–Kier alpha value is -0.900. The molecule has 1 aliphatic heterocycles. The van der Waals surface area contributed by atoms with Crippen molar-refractivity contribution in [3.63, 3.8) is 0 Å². The Labute approximate surface area is 138 Å². The van der Waals surface area contributed by atoms with Gasteiger partial charge in [0.1, 0.15) is 0 Å². The van der Waals surface area contributed by atoms with Crippen LogP contribution in [-0.2, 0) is 9.47 Å². The summed E-state index contributed by atoms with van der Waals surface area (Å²) in [5.74, 6) is 0.841. The maximum atomic E-state index is 11.7. The average molecular weight is 346 g/mol. The third-order valence-corrected chi connectivity index (χ3v) is 4.60. The van der Waals surface area contributed by atoms with Crippen LogP contribution in [0.3, 0.4) is 0 Å². The van der Waals surface area contributed by atoms with E-state index in [0.717, 1.165) is 36.1 Å². The average Bonchev–Trinajstić information content (AvgIpc) is 2.85. The first-order valence-electron chi connectivity index (χ1n) is 7.21. The van der Waals surface area contributed by atoms with Crippen molar-refractivity contribution in [2.24, 2.45) is 0 Å². The number of nitrogens with one attached hydrogen (secondary N) is 2. The molecule has 2 rings (SSSR count). The second-order valence-corrected chi connectivity index (χ2v) is 8.18. The summed E-state index contributed by atoms with van der Waals surface area (Å²) in [5, 5.41) is 14.0. The summed E-state index contributed by atoms with van der Waals surface area (Å²) in [4.78, 5) is 11.7. The largest absolute Gasteiger partial charge is 0.353 e. The van der Waals surface area contributed by atoms with Crippen molar-refractivity contribution in [2.45, 2.75) is 49.8 Å². The molecular formula is C13H22N4O3S2. The van der Waals surface area contributed by atoms with Crippen LogP contribution in [0.1, 0.15) is 33.6 Å². The SMILES string of the molecule is CC(C)(C)NC(=O)Nc1nnc(SCCC2OCCCO2)s1. The topological polar surface area (TPSA) is 85.4 Å². The first kappa shape index (κ1) is 17.5. The predicted octanol–water partition coefficient (Wildman–Crippen LogP) is 2.70. The van der Waals surface area contributed by atoms with Gasteiger partial charge in [-0.15, -0.1) is 10.2 Å². The van der Waals surface area contributed by atoms with Crippen LogP contribution in [0.15, 0.2) is 4.34 Å². The Morgan fingerprint density at radius 1 is 1.36 bits per heavy atom. The van der Waals surface area contributed by atoms with Crippen LogP contribution in [0.2, 0.25) is 0 Å². The van der Waals surface area contributed by atoms with Gasteiger partial charge in [-0.2, -0.15) is 0 Å². The lowest BCUT2D eigenvalue weighted by atomic mass is 10.1. The van der Waals surface area contributed by atoms with Gasteiger partial charge in [-0.25, -0.2) is 4.79 Å². The number of anilines is 1. The summed E-state index contributed by atoms with van der Waals surface area (Å²) in [5.41, 5.74) is -0.285. The van der Waals surface area contributed by atoms with Crippen molar-refractivity contribution in [3.05, 3.63) is 0 Å². The summed E-state index contributed by atoms with van der Waals surface area (Å²) < 4.78 is 11.8. The third kappa shape index (κ3) is 6.47. The van der Waals surface area contributed by atoms with Gasteiger partial charge in [0.25, 0.3) is 0 Å². The van der Waals surface area contributed by atoms with Gasteiger partial charge in [0.05, 0.1) is 13.2 Å². The number of amides is 2. The van der Waals surface area contributed by atoms with Crippen LogP contribution in [0.4, 0.5) is 9.93 Å². The number of hydrogen-bond acceptors (Lipinski definition) is 7. The second kappa shape index (κ2) is 8.09. The monoisotopic (exact) mass is 346 g/mol. The summed E-state index contributed by atoms with van der Waals surface area (Å²) in [6.07, 6.45) is 1.67. The van der Waals surface area contributed by atoms with E-state index in [9.17, 15) is 4.79 Å². The van der Waals surface area contributed by atoms with Crippen LogP contribution in [0.25, 0.3) is 0 Å². The maximum Gasteiger partial charge on any atom is 0.321 e. The van der Waals surface area contributed by atoms with Gasteiger partial charge in [0, 0.05) is 17.7 Å². The zero-order chi connectivity index (χ0) is 16.0. The van der Waals surface area contributed by atoms with Crippen molar-refractivity contribution in [2.75, 3.05) is 24.3 Å². The van der Waals surface area contributed by atoms with Crippen molar-refractivity contribution in [1.82, 2.24) is 15.5 Å². The van der Waals surface area contributed by atoms with Crippen molar-refractivity contribution >= 4 is 34.3 Å². The Morgan fingerprint density at radius 3 is 2.77 bits per heavy atom. The summed E-state index contributed by atoms with van der Waals surface area (Å²) >= 11 is 2.95. The smallest absolute Gasteiger partial charge is 0.321 e. The number of ether oxygens (including phenoxy) is 2. The molecule has 1 aromatic rings. The highest BCUT2D eigenvalue weighted by Gasteiger charge is 2.16. The third-order valence-electron chi connectivity index (χ3n) is 2.59. The number of hydrogen-bond donors (Lipinski definition) is 2. The molecule has 0 aliphatic carbocycles. The quantitative estimate of drug-likeness (QED) is 0.630. The molecule has 2 amide bonds. The zero-order valence-corrected chi connectivity index (χ0v) is 14.7. The van der Waals surface area contributed by atoms with Crippen molar-refractivity contribution < 1.29 is 14.3 Å². The van der Waals surface area contributed by atoms with Crippen molar-refractivity contribution in [1.29, 1.82) is 0 Å². The zero-order valence-electron chi connectivity index (χ0n) is 13.0. The van der Waals surface area contributed by atoms with Crippen molar-refractivity contribution in [3.8, 4) is 0 Å². The lowest BCUT2D eigenvalue weighted by Crippen LogP contribution is -2.43. The summed E-state index contributed by atoms with van der Waals surface area (Å²) in [6, 6.07) is -0.274. The first-order valence-corrected chi connectivity index (χ1v) is 9.01. The molecule has 0 radical (unpaired) electrons. The van der Waals surface area contributed by atoms with E-state index in [1.165, 1.54) is 11.3 Å². The molecule has 0 bridgehead atoms. The molecule has 0 saturated carbocycles. The fourth-order valence-electron chi connectivity index (χ4n) is 1.73. The lowest BCUT2D eigenvalue weighted by Gasteiger charge is -2.22. The molecule has 22 heavy (non-hydrogen) atoms. The number of aromatic nitrogens is 2. The molecule has 7 nitrogen and oxygen atoms in total. The number of carbonyl (C=O) groups excluding carboxylic acids is 1. The van der Waals surface area contributed by atoms with E-state index in [2.05, 4.69) is 20.8 Å². The van der Waals surface area contributed by atoms with E-state index in [4.69, 9.17) is 9.47 Å². The van der Waals surface area contributed by atoms with Crippen LogP contribution < -0.4 is 10.6 Å². The highest BCUT2D eigenvalue weighted by Crippen LogP contribution is 2.26. The number of rotatable bonds is 5. The molecule has 2 heterocycles. The van der Waals surface area contributed by atoms with E-state index < -0.39 is 0 Å². The molecule has 0 unspecified atom stereocenters. The van der Waals surface area contributed by atoms with Crippen LogP contribution in [0.5, 0.6) is 0 Å². The molecule has 124 valence electrons. The Bertz CT molecular complexity index is 484. The molecule has 0 atom stereocenters. The first-order chi connectivity index (χ1) is 10.4. The Kier molecular flexibility index (Phi) is 6.42. The maximum absolute atomic E-state index is 11.7. The molecule has 1 fully saturated rings. The molecule has 0 spiro atoms. The van der Waals surface area contributed by atoms with Crippen LogP contribution >= 0.6 is 23.1 Å². The van der Waals surface area contributed by atoms with Gasteiger partial charge in [-0.05, 0) is 27.2 Å². The summed E-state index contributed by atoms with van der Waals surface area (Å²) in [7, 11) is 0. The molecule has 0 aromatic carbocycles. The minimum Gasteiger partial charge on any atom is -0.353 e. The number of carbonyl (C=O) groups is 1. The normalized spacial score (nSPS) is 16.5. The predicted molar refractivity (Wildman–Crippen MR) is 87.5 cm³/mol. The fourth-order valence-corrected chi connectivity index (χ4v) is 3.51. The van der Waals surface area contributed by atoms with E-state index >= 15 is 0 Å². The molecule has 1 saturated heterocycles. The van der Waals surface area contributed by atoms with Gasteiger partial charge in [-0.3, -0.25) is 5.32 Å². The van der Waals surface area contributed by atoms with Crippen LogP contribution in [0, 0.1) is 0 Å². The van der Waals surface area contributed by atoms with Gasteiger partial charge in [0.2, 0.25) is 5.13 Å². The minimum atomic E-state index is -0.285. The number of nitrogens with zero attached hydrogens (tertiary/aromatic N) is 2. The number of thioether (sulfide) groups is 1. The van der Waals surface area contributed by atoms with Gasteiger partial charge in [0.15, 0.2) is 10.6 Å². The van der Waals surface area contributed by atoms with Crippen LogP contribution in [-0.4, -0.2) is 47.0 Å². The second-order valence-electron chi connectivity index (χ2n) is 5.86. The van der Waals surface area contributed by atoms with E-state index in [-0.39, 0.29) is 17.9 Å². The molecule has 1 aromatic heterocycles. The molecule has 2 N–H and O–H groups in total. The van der Waals surface area contributed by atoms with E-state index in [1.54, 1.807) is 11.8 Å². The highest BCUT2D eigenvalue weighted by atomic mass is 32.2. The molecule has 9 heteroatoms. The minimum absolute atomic E-state index is 0.107. The standard InChI is InChI=1S/C13H22N4O3S2/c1-13(2,3)15-10(18)14-11-16-17-12(22-11)21-8-5-9-19-6-4-7-20-9/h9H,4-8H2,1-3H3,(H2,14,15,16,18). The molecule has 1 aliphatic rings. The van der Waals surface area contributed by atoms with Gasteiger partial charge in [-0.1, -0.05) is 23.1 Å². The fraction of sp³-hybridized carbons (Fsp3) is 0.769. The van der Waals surface area contributed by atoms with Gasteiger partial charge < -0.3 is 14.8 Å². The van der Waals surface area contributed by atoms with E-state index in [1.807, 2.05) is 20.8 Å². The van der Waals surface area contributed by atoms with Gasteiger partial charge >= 0.3 is 6.03 Å². The lowest BCUT2D eigenvalue weighted by molar-refractivity contribution is -0.178. The Morgan fingerprint density at radius 2 is 2.09 bits per heavy atom. The highest BCUT2D eigenvalue weighted by molar-refractivity contribution is 8.01. The molecular weight excluding hydrogens is 324 g/mol. The Balaban J connectivity index is 1.70.